The van der Waals surface area contributed by atoms with Crippen LogP contribution in [0.25, 0.3) is 22.7 Å². The Morgan fingerprint density at radius 2 is 1.73 bits per heavy atom. The lowest BCUT2D eigenvalue weighted by Gasteiger charge is -2.34. The molecule has 30 heavy (non-hydrogen) atoms. The zero-order chi connectivity index (χ0) is 20.7. The van der Waals surface area contributed by atoms with Gasteiger partial charge in [-0.15, -0.1) is 0 Å². The number of imide groups is 1. The van der Waals surface area contributed by atoms with E-state index in [0.717, 1.165) is 60.1 Å². The normalized spacial score (nSPS) is 19.1. The van der Waals surface area contributed by atoms with Gasteiger partial charge in [0.25, 0.3) is 11.1 Å². The molecule has 3 aromatic rings. The maximum absolute atomic E-state index is 11.8. The summed E-state index contributed by atoms with van der Waals surface area (Å²) in [4.78, 5) is 28.4. The van der Waals surface area contributed by atoms with Gasteiger partial charge >= 0.3 is 0 Å². The van der Waals surface area contributed by atoms with E-state index in [1.54, 1.807) is 6.08 Å². The number of nitrogens with one attached hydrogen (secondary N) is 1. The van der Waals surface area contributed by atoms with Gasteiger partial charge < -0.3 is 9.80 Å². The summed E-state index contributed by atoms with van der Waals surface area (Å²) in [6.07, 6.45) is 3.57. The lowest BCUT2D eigenvalue weighted by molar-refractivity contribution is -0.115. The number of likely N-dealkylation sites (N-methyl/N-ethyl adjacent to an activating group) is 1. The van der Waals surface area contributed by atoms with Gasteiger partial charge in [-0.25, -0.2) is 4.68 Å². The maximum atomic E-state index is 11.8. The molecule has 0 spiro atoms. The minimum Gasteiger partial charge on any atom is -0.369 e. The summed E-state index contributed by atoms with van der Waals surface area (Å²) in [6.45, 7) is 4.22. The number of fused-ring (bicyclic) bond motifs is 1. The highest BCUT2D eigenvalue weighted by Gasteiger charge is 2.25. The first kappa shape index (κ1) is 18.9. The molecule has 2 aliphatic heterocycles. The minimum absolute atomic E-state index is 0.335. The third kappa shape index (κ3) is 3.59. The molecule has 1 N–H and O–H groups in total. The molecular formula is C22H21N5O2S. The molecule has 2 fully saturated rings. The zero-order valence-corrected chi connectivity index (χ0v) is 17.4. The molecule has 0 aliphatic carbocycles. The van der Waals surface area contributed by atoms with Crippen LogP contribution in [0.15, 0.2) is 53.6 Å². The SMILES string of the molecule is CN1CCN(c2ccc(-n3ncc4ccc(C=C5SC(=O)NC5=O)cc43)cc2)CC1. The second-order valence-electron chi connectivity index (χ2n) is 7.53. The Bertz CT molecular complexity index is 1160. The molecule has 0 bridgehead atoms. The van der Waals surface area contributed by atoms with Gasteiger partial charge in [-0.3, -0.25) is 14.9 Å². The van der Waals surface area contributed by atoms with Crippen molar-refractivity contribution in [3.63, 3.8) is 0 Å². The van der Waals surface area contributed by atoms with E-state index in [-0.39, 0.29) is 11.1 Å². The number of anilines is 1. The van der Waals surface area contributed by atoms with Gasteiger partial charge in [0.1, 0.15) is 0 Å². The molecule has 1 aromatic heterocycles. The van der Waals surface area contributed by atoms with Crippen molar-refractivity contribution in [1.29, 1.82) is 0 Å². The number of aromatic nitrogens is 2. The smallest absolute Gasteiger partial charge is 0.290 e. The molecule has 152 valence electrons. The molecule has 2 amide bonds. The number of hydrogen-bond donors (Lipinski definition) is 1. The molecule has 0 saturated carbocycles. The molecule has 5 rings (SSSR count). The zero-order valence-electron chi connectivity index (χ0n) is 16.5. The molecule has 7 nitrogen and oxygen atoms in total. The standard InChI is InChI=1S/C22H21N5O2S/c1-25-8-10-26(11-9-25)17-4-6-18(7-5-17)27-19-12-15(2-3-16(19)14-23-27)13-20-21(28)24-22(29)30-20/h2-7,12-14H,8-11H2,1H3,(H,24,28,29). The van der Waals surface area contributed by atoms with E-state index in [9.17, 15) is 9.59 Å². The number of nitrogens with zero attached hydrogens (tertiary/aromatic N) is 4. The molecule has 2 aliphatic rings. The first-order valence-electron chi connectivity index (χ1n) is 9.83. The van der Waals surface area contributed by atoms with Crippen molar-refractivity contribution < 1.29 is 9.59 Å². The molecule has 3 heterocycles. The fourth-order valence-electron chi connectivity index (χ4n) is 3.77. The number of hydrogen-bond acceptors (Lipinski definition) is 6. The monoisotopic (exact) mass is 419 g/mol. The lowest BCUT2D eigenvalue weighted by Crippen LogP contribution is -2.44. The highest BCUT2D eigenvalue weighted by molar-refractivity contribution is 8.18. The van der Waals surface area contributed by atoms with Gasteiger partial charge in [0.05, 0.1) is 22.3 Å². The van der Waals surface area contributed by atoms with Crippen molar-refractivity contribution in [2.75, 3.05) is 38.1 Å². The largest absolute Gasteiger partial charge is 0.369 e. The Hall–Kier alpha value is -3.10. The van der Waals surface area contributed by atoms with Crippen LogP contribution in [0.5, 0.6) is 0 Å². The Labute approximate surface area is 178 Å². The summed E-state index contributed by atoms with van der Waals surface area (Å²) >= 11 is 0.923. The number of benzene rings is 2. The Morgan fingerprint density at radius 1 is 1.00 bits per heavy atom. The number of carbonyl (C=O) groups is 2. The lowest BCUT2D eigenvalue weighted by atomic mass is 10.1. The third-order valence-corrected chi connectivity index (χ3v) is 6.31. The van der Waals surface area contributed by atoms with E-state index in [4.69, 9.17) is 0 Å². The molecule has 0 atom stereocenters. The average molecular weight is 420 g/mol. The van der Waals surface area contributed by atoms with Gasteiger partial charge in [-0.1, -0.05) is 12.1 Å². The third-order valence-electron chi connectivity index (χ3n) is 5.50. The van der Waals surface area contributed by atoms with Crippen molar-refractivity contribution in [2.45, 2.75) is 0 Å². The van der Waals surface area contributed by atoms with E-state index in [2.05, 4.69) is 51.5 Å². The first-order valence-corrected chi connectivity index (χ1v) is 10.6. The van der Waals surface area contributed by atoms with Gasteiger partial charge in [0, 0.05) is 37.3 Å². The van der Waals surface area contributed by atoms with Crippen LogP contribution in [0.3, 0.4) is 0 Å². The van der Waals surface area contributed by atoms with Gasteiger partial charge in [-0.2, -0.15) is 5.10 Å². The van der Waals surface area contributed by atoms with Crippen molar-refractivity contribution in [3.8, 4) is 5.69 Å². The van der Waals surface area contributed by atoms with Gasteiger partial charge in [0.15, 0.2) is 0 Å². The fraction of sp³-hybridized carbons (Fsp3) is 0.227. The van der Waals surface area contributed by atoms with Crippen molar-refractivity contribution in [2.24, 2.45) is 0 Å². The fourth-order valence-corrected chi connectivity index (χ4v) is 4.45. The summed E-state index contributed by atoms with van der Waals surface area (Å²) in [5.41, 5.74) is 4.01. The molecule has 8 heteroatoms. The number of amides is 2. The molecule has 0 radical (unpaired) electrons. The van der Waals surface area contributed by atoms with Crippen LogP contribution >= 0.6 is 11.8 Å². The summed E-state index contributed by atoms with van der Waals surface area (Å²) in [7, 11) is 2.16. The topological polar surface area (TPSA) is 70.5 Å². The first-order chi connectivity index (χ1) is 14.6. The van der Waals surface area contributed by atoms with Crippen LogP contribution in [0, 0.1) is 0 Å². The molecule has 2 saturated heterocycles. The van der Waals surface area contributed by atoms with Crippen molar-refractivity contribution in [1.82, 2.24) is 20.0 Å². The number of piperazine rings is 1. The van der Waals surface area contributed by atoms with Crippen LogP contribution in [-0.2, 0) is 4.79 Å². The van der Waals surface area contributed by atoms with Gasteiger partial charge in [-0.05, 0) is 60.8 Å². The number of rotatable bonds is 3. The molecule has 0 unspecified atom stereocenters. The molecular weight excluding hydrogens is 398 g/mol. The Balaban J connectivity index is 1.44. The predicted octanol–water partition coefficient (Wildman–Crippen LogP) is 3.10. The minimum atomic E-state index is -0.349. The second kappa shape index (κ2) is 7.62. The predicted molar refractivity (Wildman–Crippen MR) is 120 cm³/mol. The quantitative estimate of drug-likeness (QED) is 0.658. The van der Waals surface area contributed by atoms with E-state index >= 15 is 0 Å². The maximum Gasteiger partial charge on any atom is 0.290 e. The van der Waals surface area contributed by atoms with Gasteiger partial charge in [0.2, 0.25) is 0 Å². The van der Waals surface area contributed by atoms with Crippen LogP contribution in [0.2, 0.25) is 0 Å². The average Bonchev–Trinajstić information content (AvgIpc) is 3.31. The molecule has 2 aromatic carbocycles. The summed E-state index contributed by atoms with van der Waals surface area (Å²) in [6, 6.07) is 14.3. The Kier molecular flexibility index (Phi) is 4.80. The van der Waals surface area contributed by atoms with Crippen LogP contribution in [0.1, 0.15) is 5.56 Å². The number of thioether (sulfide) groups is 1. The van der Waals surface area contributed by atoms with E-state index < -0.39 is 0 Å². The summed E-state index contributed by atoms with van der Waals surface area (Å²) in [5.74, 6) is -0.349. The van der Waals surface area contributed by atoms with Crippen LogP contribution in [-0.4, -0.2) is 59.1 Å². The second-order valence-corrected chi connectivity index (χ2v) is 8.55. The van der Waals surface area contributed by atoms with E-state index in [0.29, 0.717) is 4.91 Å². The summed E-state index contributed by atoms with van der Waals surface area (Å²) in [5, 5.41) is 7.52. The summed E-state index contributed by atoms with van der Waals surface area (Å²) < 4.78 is 1.90. The van der Waals surface area contributed by atoms with Crippen molar-refractivity contribution in [3.05, 3.63) is 59.1 Å². The van der Waals surface area contributed by atoms with E-state index in [1.807, 2.05) is 29.1 Å². The number of carbonyl (C=O) groups excluding carboxylic acids is 2. The highest BCUT2D eigenvalue weighted by atomic mass is 32.2. The van der Waals surface area contributed by atoms with Crippen LogP contribution < -0.4 is 10.2 Å². The highest BCUT2D eigenvalue weighted by Crippen LogP contribution is 2.28. The van der Waals surface area contributed by atoms with E-state index in [1.165, 1.54) is 5.69 Å². The Morgan fingerprint density at radius 3 is 2.43 bits per heavy atom. The van der Waals surface area contributed by atoms with Crippen molar-refractivity contribution >= 4 is 45.6 Å². The van der Waals surface area contributed by atoms with Crippen LogP contribution in [0.4, 0.5) is 10.5 Å².